The van der Waals surface area contributed by atoms with Crippen molar-refractivity contribution in [1.29, 1.82) is 0 Å². The maximum atomic E-state index is 5.72. The third kappa shape index (κ3) is 20.9. The Hall–Kier alpha value is -0.160. The summed E-state index contributed by atoms with van der Waals surface area (Å²) in [7, 11) is 0. The van der Waals surface area contributed by atoms with Gasteiger partial charge in [-0.3, -0.25) is 0 Å². The third-order valence-corrected chi connectivity index (χ3v) is 5.96. The van der Waals surface area contributed by atoms with Gasteiger partial charge in [-0.05, 0) is 84.5 Å². The predicted octanol–water partition coefficient (Wildman–Crippen LogP) is 5.40. The second-order valence-corrected chi connectivity index (χ2v) is 8.86. The van der Waals surface area contributed by atoms with Crippen molar-refractivity contribution in [3.63, 3.8) is 0 Å². The lowest BCUT2D eigenvalue weighted by molar-refractivity contribution is 0.218. The minimum Gasteiger partial charge on any atom is -0.330 e. The minimum absolute atomic E-state index is 0.793. The van der Waals surface area contributed by atoms with Gasteiger partial charge in [-0.1, -0.05) is 78.1 Å². The molecule has 4 heteroatoms. The van der Waals surface area contributed by atoms with Crippen LogP contribution in [-0.2, 0) is 0 Å². The van der Waals surface area contributed by atoms with E-state index < -0.39 is 0 Å². The fourth-order valence-corrected chi connectivity index (χ4v) is 4.05. The monoisotopic (exact) mass is 412 g/mol. The van der Waals surface area contributed by atoms with Crippen LogP contribution in [0.1, 0.15) is 110 Å². The molecule has 0 rings (SSSR count). The highest BCUT2D eigenvalue weighted by molar-refractivity contribution is 4.64. The molecule has 4 nitrogen and oxygen atoms in total. The van der Waals surface area contributed by atoms with Gasteiger partial charge in [-0.25, -0.2) is 0 Å². The molecule has 0 bridgehead atoms. The molecule has 0 saturated heterocycles. The Morgan fingerprint density at radius 3 is 1.07 bits per heavy atom. The van der Waals surface area contributed by atoms with Crippen molar-refractivity contribution in [2.75, 3.05) is 52.4 Å². The van der Waals surface area contributed by atoms with Crippen LogP contribution < -0.4 is 11.5 Å². The van der Waals surface area contributed by atoms with E-state index in [1.807, 2.05) is 0 Å². The smallest absolute Gasteiger partial charge is 0.000653 e. The van der Waals surface area contributed by atoms with Crippen LogP contribution in [0.4, 0.5) is 0 Å². The first-order valence-corrected chi connectivity index (χ1v) is 13.1. The van der Waals surface area contributed by atoms with E-state index in [1.165, 1.54) is 110 Å². The normalized spacial score (nSPS) is 11.8. The molecule has 0 saturated carbocycles. The molecular weight excluding hydrogens is 356 g/mol. The predicted molar refractivity (Wildman–Crippen MR) is 132 cm³/mol. The summed E-state index contributed by atoms with van der Waals surface area (Å²) < 4.78 is 0. The zero-order chi connectivity index (χ0) is 21.4. The van der Waals surface area contributed by atoms with E-state index in [0.29, 0.717) is 0 Å². The standard InChI is InChI=1S/C25H56N4/c1-3-5-7-9-11-13-20-28(21-14-12-10-8-6-4-2)24-17-25-29(22-15-18-26)23-16-19-27/h3-27H2,1-2H3. The first-order chi connectivity index (χ1) is 14.3. The van der Waals surface area contributed by atoms with Gasteiger partial charge in [0.15, 0.2) is 0 Å². The molecule has 0 fully saturated rings. The first-order valence-electron chi connectivity index (χ1n) is 13.1. The summed E-state index contributed by atoms with van der Waals surface area (Å²) in [5.41, 5.74) is 11.4. The van der Waals surface area contributed by atoms with E-state index in [2.05, 4.69) is 23.6 Å². The van der Waals surface area contributed by atoms with Crippen LogP contribution >= 0.6 is 0 Å². The molecule has 0 unspecified atom stereocenters. The molecular formula is C25H56N4. The van der Waals surface area contributed by atoms with E-state index in [0.717, 1.165) is 39.0 Å². The average Bonchev–Trinajstić information content (AvgIpc) is 2.73. The maximum Gasteiger partial charge on any atom is -0.000653 e. The number of rotatable bonds is 24. The maximum absolute atomic E-state index is 5.72. The molecule has 0 radical (unpaired) electrons. The van der Waals surface area contributed by atoms with Crippen LogP contribution in [0, 0.1) is 0 Å². The van der Waals surface area contributed by atoms with Crippen molar-refractivity contribution < 1.29 is 0 Å². The fraction of sp³-hybridized carbons (Fsp3) is 1.00. The van der Waals surface area contributed by atoms with Crippen molar-refractivity contribution in [3.8, 4) is 0 Å². The SMILES string of the molecule is CCCCCCCCN(CCCCCCCC)CCCN(CCCN)CCCN. The topological polar surface area (TPSA) is 58.5 Å². The average molecular weight is 413 g/mol. The van der Waals surface area contributed by atoms with E-state index in [1.54, 1.807) is 0 Å². The van der Waals surface area contributed by atoms with Gasteiger partial charge in [0.05, 0.1) is 0 Å². The summed E-state index contributed by atoms with van der Waals surface area (Å²) in [4.78, 5) is 5.33. The molecule has 0 aromatic carbocycles. The van der Waals surface area contributed by atoms with Gasteiger partial charge in [0, 0.05) is 0 Å². The van der Waals surface area contributed by atoms with Crippen LogP contribution in [-0.4, -0.2) is 62.2 Å². The third-order valence-electron chi connectivity index (χ3n) is 5.96. The lowest BCUT2D eigenvalue weighted by atomic mass is 10.1. The zero-order valence-corrected chi connectivity index (χ0v) is 20.3. The number of nitrogens with zero attached hydrogens (tertiary/aromatic N) is 2. The summed E-state index contributed by atoms with van der Waals surface area (Å²) in [6, 6.07) is 0. The van der Waals surface area contributed by atoms with E-state index in [9.17, 15) is 0 Å². The molecule has 0 aromatic heterocycles. The van der Waals surface area contributed by atoms with Crippen molar-refractivity contribution in [1.82, 2.24) is 9.80 Å². The van der Waals surface area contributed by atoms with Gasteiger partial charge >= 0.3 is 0 Å². The molecule has 0 amide bonds. The highest BCUT2D eigenvalue weighted by Crippen LogP contribution is 2.10. The van der Waals surface area contributed by atoms with E-state index >= 15 is 0 Å². The highest BCUT2D eigenvalue weighted by Gasteiger charge is 2.08. The van der Waals surface area contributed by atoms with Gasteiger partial charge < -0.3 is 21.3 Å². The van der Waals surface area contributed by atoms with Crippen LogP contribution in [0.5, 0.6) is 0 Å². The Morgan fingerprint density at radius 2 is 0.690 bits per heavy atom. The first kappa shape index (κ1) is 28.8. The second kappa shape index (κ2) is 24.1. The summed E-state index contributed by atoms with van der Waals surface area (Å²) in [5.74, 6) is 0. The molecule has 0 aliphatic carbocycles. The lowest BCUT2D eigenvalue weighted by Gasteiger charge is -2.26. The number of nitrogens with two attached hydrogens (primary N) is 2. The summed E-state index contributed by atoms with van der Waals surface area (Å²) >= 11 is 0. The number of hydrogen-bond acceptors (Lipinski definition) is 4. The largest absolute Gasteiger partial charge is 0.330 e. The lowest BCUT2D eigenvalue weighted by Crippen LogP contribution is -2.33. The molecule has 0 spiro atoms. The molecule has 4 N–H and O–H groups in total. The quantitative estimate of drug-likeness (QED) is 0.208. The molecule has 176 valence electrons. The number of hydrogen-bond donors (Lipinski definition) is 2. The molecule has 0 aromatic rings. The minimum atomic E-state index is 0.793. The second-order valence-electron chi connectivity index (χ2n) is 8.86. The summed E-state index contributed by atoms with van der Waals surface area (Å²) in [6.45, 7) is 13.5. The van der Waals surface area contributed by atoms with Crippen LogP contribution in [0.2, 0.25) is 0 Å². The Kier molecular flexibility index (Phi) is 24.0. The Labute approximate surface area is 184 Å². The van der Waals surface area contributed by atoms with Gasteiger partial charge in [-0.15, -0.1) is 0 Å². The van der Waals surface area contributed by atoms with Crippen LogP contribution in [0.3, 0.4) is 0 Å². The van der Waals surface area contributed by atoms with Crippen molar-refractivity contribution >= 4 is 0 Å². The van der Waals surface area contributed by atoms with Crippen LogP contribution in [0.15, 0.2) is 0 Å². The van der Waals surface area contributed by atoms with Gasteiger partial charge in [0.25, 0.3) is 0 Å². The highest BCUT2D eigenvalue weighted by atomic mass is 15.1. The molecule has 29 heavy (non-hydrogen) atoms. The van der Waals surface area contributed by atoms with E-state index in [4.69, 9.17) is 11.5 Å². The molecule has 0 heterocycles. The van der Waals surface area contributed by atoms with Gasteiger partial charge in [-0.2, -0.15) is 0 Å². The van der Waals surface area contributed by atoms with Gasteiger partial charge in [0.2, 0.25) is 0 Å². The van der Waals surface area contributed by atoms with E-state index in [-0.39, 0.29) is 0 Å². The Bertz CT molecular complexity index is 275. The van der Waals surface area contributed by atoms with Crippen LogP contribution in [0.25, 0.3) is 0 Å². The van der Waals surface area contributed by atoms with Crippen molar-refractivity contribution in [3.05, 3.63) is 0 Å². The molecule has 0 aliphatic heterocycles. The summed E-state index contributed by atoms with van der Waals surface area (Å²) in [5, 5.41) is 0. The Balaban J connectivity index is 4.16. The zero-order valence-electron chi connectivity index (χ0n) is 20.3. The molecule has 0 aliphatic rings. The summed E-state index contributed by atoms with van der Waals surface area (Å²) in [6.07, 6.45) is 20.2. The van der Waals surface area contributed by atoms with Crippen molar-refractivity contribution in [2.45, 2.75) is 110 Å². The fourth-order valence-electron chi connectivity index (χ4n) is 4.05. The van der Waals surface area contributed by atoms with Gasteiger partial charge in [0.1, 0.15) is 0 Å². The number of unbranched alkanes of at least 4 members (excludes halogenated alkanes) is 10. The van der Waals surface area contributed by atoms with Crippen molar-refractivity contribution in [2.24, 2.45) is 11.5 Å². The molecule has 0 atom stereocenters. The Morgan fingerprint density at radius 1 is 0.379 bits per heavy atom.